The highest BCUT2D eigenvalue weighted by Crippen LogP contribution is 2.16. The van der Waals surface area contributed by atoms with Crippen LogP contribution < -0.4 is 5.32 Å². The molecule has 0 bridgehead atoms. The average molecular weight is 349 g/mol. The largest absolute Gasteiger partial charge is 0.322 e. The van der Waals surface area contributed by atoms with Crippen molar-refractivity contribution in [3.05, 3.63) is 52.5 Å². The van der Waals surface area contributed by atoms with Crippen LogP contribution in [0.2, 0.25) is 0 Å². The molecule has 0 fully saturated rings. The fraction of sp³-hybridized carbons (Fsp3) is 0.389. The van der Waals surface area contributed by atoms with E-state index >= 15 is 0 Å². The predicted molar refractivity (Wildman–Crippen MR) is 97.9 cm³/mol. The quantitative estimate of drug-likeness (QED) is 0.773. The summed E-state index contributed by atoms with van der Waals surface area (Å²) in [4.78, 5) is 17.7. The molecule has 2 amide bonds. The van der Waals surface area contributed by atoms with Crippen molar-refractivity contribution in [2.45, 2.75) is 20.4 Å². The number of hydrogen-bond donors (Lipinski definition) is 1. The summed E-state index contributed by atoms with van der Waals surface area (Å²) in [5.41, 5.74) is 0.210. The Kier molecular flexibility index (Phi) is 7.21. The molecule has 1 aromatic heterocycles. The van der Waals surface area contributed by atoms with E-state index < -0.39 is 5.82 Å². The third-order valence-corrected chi connectivity index (χ3v) is 4.77. The van der Waals surface area contributed by atoms with E-state index in [2.05, 4.69) is 24.1 Å². The molecule has 6 heteroatoms. The minimum Gasteiger partial charge on any atom is -0.318 e. The molecule has 0 aliphatic rings. The molecule has 130 valence electrons. The first kappa shape index (κ1) is 18.4. The molecule has 0 aliphatic carbocycles. The smallest absolute Gasteiger partial charge is 0.318 e. The Balaban J connectivity index is 2.05. The van der Waals surface area contributed by atoms with Crippen LogP contribution in [0.4, 0.5) is 14.9 Å². The zero-order valence-corrected chi connectivity index (χ0v) is 15.0. The molecule has 0 saturated carbocycles. The van der Waals surface area contributed by atoms with Crippen molar-refractivity contribution in [2.24, 2.45) is 0 Å². The van der Waals surface area contributed by atoms with Gasteiger partial charge in [-0.05, 0) is 36.7 Å². The molecule has 1 aromatic carbocycles. The number of hydrogen-bond acceptors (Lipinski definition) is 3. The molecule has 0 atom stereocenters. The zero-order chi connectivity index (χ0) is 17.4. The van der Waals surface area contributed by atoms with Gasteiger partial charge in [-0.25, -0.2) is 9.18 Å². The summed E-state index contributed by atoms with van der Waals surface area (Å²) in [5.74, 6) is -0.425. The van der Waals surface area contributed by atoms with Crippen molar-refractivity contribution in [1.29, 1.82) is 0 Å². The lowest BCUT2D eigenvalue weighted by Gasteiger charge is -2.26. The number of nitrogens with zero attached hydrogens (tertiary/aromatic N) is 2. The number of amides is 2. The Hall–Kier alpha value is -1.92. The van der Waals surface area contributed by atoms with Gasteiger partial charge in [-0.3, -0.25) is 0 Å². The molecule has 0 spiro atoms. The minimum atomic E-state index is -0.425. The molecule has 0 saturated heterocycles. The van der Waals surface area contributed by atoms with Gasteiger partial charge in [0, 0.05) is 18.0 Å². The molecular weight excluding hydrogens is 325 g/mol. The van der Waals surface area contributed by atoms with Gasteiger partial charge in [0.15, 0.2) is 0 Å². The van der Waals surface area contributed by atoms with Crippen molar-refractivity contribution in [2.75, 3.05) is 31.5 Å². The van der Waals surface area contributed by atoms with Crippen LogP contribution in [0.5, 0.6) is 0 Å². The number of halogens is 1. The first-order valence-corrected chi connectivity index (χ1v) is 9.07. The van der Waals surface area contributed by atoms with Gasteiger partial charge < -0.3 is 15.1 Å². The molecule has 24 heavy (non-hydrogen) atoms. The number of likely N-dealkylation sites (N-methyl/N-ethyl adjacent to an activating group) is 1. The maximum Gasteiger partial charge on any atom is 0.322 e. The van der Waals surface area contributed by atoms with Crippen LogP contribution in [0.15, 0.2) is 41.8 Å². The van der Waals surface area contributed by atoms with Crippen molar-refractivity contribution < 1.29 is 9.18 Å². The molecule has 2 rings (SSSR count). The third kappa shape index (κ3) is 5.32. The summed E-state index contributed by atoms with van der Waals surface area (Å²) in [7, 11) is 0. The molecule has 0 radical (unpaired) electrons. The predicted octanol–water partition coefficient (Wildman–Crippen LogP) is 4.26. The Morgan fingerprint density at radius 2 is 1.88 bits per heavy atom. The van der Waals surface area contributed by atoms with E-state index in [1.54, 1.807) is 34.4 Å². The Bertz CT molecular complexity index is 629. The second-order valence-electron chi connectivity index (χ2n) is 5.44. The van der Waals surface area contributed by atoms with Crippen molar-refractivity contribution in [3.63, 3.8) is 0 Å². The number of rotatable bonds is 8. The van der Waals surface area contributed by atoms with Gasteiger partial charge in [0.25, 0.3) is 0 Å². The highest BCUT2D eigenvalue weighted by Gasteiger charge is 2.17. The van der Waals surface area contributed by atoms with E-state index in [0.717, 1.165) is 24.5 Å². The third-order valence-electron chi connectivity index (χ3n) is 3.91. The number of thiophene rings is 1. The number of carbonyl (C=O) groups is 1. The number of benzene rings is 1. The molecule has 4 nitrogen and oxygen atoms in total. The summed E-state index contributed by atoms with van der Waals surface area (Å²) in [5, 5.41) is 4.67. The summed E-state index contributed by atoms with van der Waals surface area (Å²) in [6, 6.07) is 9.92. The Labute approximate surface area is 146 Å². The summed E-state index contributed by atoms with van der Waals surface area (Å²) in [6.45, 7) is 8.01. The summed E-state index contributed by atoms with van der Waals surface area (Å²) >= 11 is 1.61. The maximum atomic E-state index is 13.8. The van der Waals surface area contributed by atoms with E-state index in [1.165, 1.54) is 6.07 Å². The molecule has 1 N–H and O–H groups in total. The highest BCUT2D eigenvalue weighted by molar-refractivity contribution is 7.09. The van der Waals surface area contributed by atoms with E-state index in [-0.39, 0.29) is 11.7 Å². The number of carbonyl (C=O) groups excluding carboxylic acids is 1. The number of nitrogens with one attached hydrogen (secondary N) is 1. The molecule has 0 unspecified atom stereocenters. The number of urea groups is 1. The number of anilines is 1. The lowest BCUT2D eigenvalue weighted by molar-refractivity contribution is 0.194. The van der Waals surface area contributed by atoms with Crippen LogP contribution in [0.25, 0.3) is 0 Å². The van der Waals surface area contributed by atoms with E-state index in [0.29, 0.717) is 13.1 Å². The van der Waals surface area contributed by atoms with Gasteiger partial charge in [-0.2, -0.15) is 0 Å². The Morgan fingerprint density at radius 3 is 2.50 bits per heavy atom. The van der Waals surface area contributed by atoms with Gasteiger partial charge in [-0.1, -0.05) is 32.0 Å². The molecule has 2 aromatic rings. The van der Waals surface area contributed by atoms with Crippen LogP contribution in [-0.4, -0.2) is 42.0 Å². The lowest BCUT2D eigenvalue weighted by Crippen LogP contribution is -2.40. The molecule has 0 aliphatic heterocycles. The maximum absolute atomic E-state index is 13.8. The van der Waals surface area contributed by atoms with Gasteiger partial charge >= 0.3 is 6.03 Å². The highest BCUT2D eigenvalue weighted by atomic mass is 32.1. The van der Waals surface area contributed by atoms with Crippen molar-refractivity contribution >= 4 is 23.1 Å². The van der Waals surface area contributed by atoms with Crippen LogP contribution in [0.3, 0.4) is 0 Å². The van der Waals surface area contributed by atoms with Crippen LogP contribution in [-0.2, 0) is 6.54 Å². The number of para-hydroxylation sites is 1. The van der Waals surface area contributed by atoms with E-state index in [1.807, 2.05) is 17.5 Å². The van der Waals surface area contributed by atoms with Crippen molar-refractivity contribution in [3.8, 4) is 0 Å². The first-order valence-electron chi connectivity index (χ1n) is 8.19. The second kappa shape index (κ2) is 9.39. The van der Waals surface area contributed by atoms with Gasteiger partial charge in [0.2, 0.25) is 0 Å². The topological polar surface area (TPSA) is 35.6 Å². The summed E-state index contributed by atoms with van der Waals surface area (Å²) in [6.07, 6.45) is 0. The van der Waals surface area contributed by atoms with E-state index in [9.17, 15) is 9.18 Å². The van der Waals surface area contributed by atoms with Crippen LogP contribution in [0.1, 0.15) is 18.7 Å². The normalized spacial score (nSPS) is 10.8. The van der Waals surface area contributed by atoms with Gasteiger partial charge in [-0.15, -0.1) is 11.3 Å². The zero-order valence-electron chi connectivity index (χ0n) is 14.2. The van der Waals surface area contributed by atoms with Gasteiger partial charge in [0.1, 0.15) is 5.82 Å². The first-order chi connectivity index (χ1) is 11.6. The average Bonchev–Trinajstić information content (AvgIpc) is 3.09. The standard InChI is InChI=1S/C18H24FN3OS/c1-3-21(4-2)11-12-22(14-15-8-7-13-24-15)18(23)20-17-10-6-5-9-16(17)19/h5-10,13H,3-4,11-12,14H2,1-2H3,(H,20,23). The van der Waals surface area contributed by atoms with Crippen LogP contribution >= 0.6 is 11.3 Å². The molecular formula is C18H24FN3OS. The summed E-state index contributed by atoms with van der Waals surface area (Å²) < 4.78 is 13.8. The fourth-order valence-electron chi connectivity index (χ4n) is 2.40. The van der Waals surface area contributed by atoms with Crippen molar-refractivity contribution in [1.82, 2.24) is 9.80 Å². The minimum absolute atomic E-state index is 0.210. The fourth-order valence-corrected chi connectivity index (χ4v) is 3.12. The second-order valence-corrected chi connectivity index (χ2v) is 6.47. The van der Waals surface area contributed by atoms with Gasteiger partial charge in [0.05, 0.1) is 12.2 Å². The van der Waals surface area contributed by atoms with Crippen LogP contribution in [0, 0.1) is 5.82 Å². The molecule has 1 heterocycles. The Morgan fingerprint density at radius 1 is 1.12 bits per heavy atom. The SMILES string of the molecule is CCN(CC)CCN(Cc1cccs1)C(=O)Nc1ccccc1F. The monoisotopic (exact) mass is 349 g/mol. The van der Waals surface area contributed by atoms with E-state index in [4.69, 9.17) is 0 Å². The lowest BCUT2D eigenvalue weighted by atomic mass is 10.3.